The van der Waals surface area contributed by atoms with E-state index in [9.17, 15) is 9.65 Å². The Bertz CT molecular complexity index is 1160. The summed E-state index contributed by atoms with van der Waals surface area (Å²) in [5.41, 5.74) is 3.37. The van der Waals surface area contributed by atoms with E-state index in [-0.39, 0.29) is 0 Å². The van der Waals surface area contributed by atoms with E-state index in [1.807, 2.05) is 31.2 Å². The zero-order valence-corrected chi connectivity index (χ0v) is 17.6. The fourth-order valence-electron chi connectivity index (χ4n) is 3.85. The molecule has 1 atom stereocenters. The molecule has 0 saturated heterocycles. The molecule has 1 aliphatic carbocycles. The first kappa shape index (κ1) is 20.0. The summed E-state index contributed by atoms with van der Waals surface area (Å²) in [4.78, 5) is 13.6. The van der Waals surface area contributed by atoms with Gasteiger partial charge in [-0.1, -0.05) is 18.2 Å². The van der Waals surface area contributed by atoms with Crippen LogP contribution in [0.2, 0.25) is 0 Å². The average Bonchev–Trinajstić information content (AvgIpc) is 3.52. The number of aromatic nitrogens is 3. The van der Waals surface area contributed by atoms with Crippen LogP contribution < -0.4 is 10.1 Å². The van der Waals surface area contributed by atoms with Gasteiger partial charge in [0, 0.05) is 12.1 Å². The van der Waals surface area contributed by atoms with Crippen molar-refractivity contribution in [3.8, 4) is 11.9 Å². The van der Waals surface area contributed by atoms with Gasteiger partial charge >= 0.3 is 0 Å². The molecule has 1 N–H and O–H groups in total. The molecule has 2 heterocycles. The highest BCUT2D eigenvalue weighted by Gasteiger charge is 2.47. The first-order chi connectivity index (χ1) is 14.4. The van der Waals surface area contributed by atoms with Crippen molar-refractivity contribution in [2.24, 2.45) is 0 Å². The van der Waals surface area contributed by atoms with Gasteiger partial charge < -0.3 is 10.1 Å². The van der Waals surface area contributed by atoms with E-state index >= 15 is 0 Å². The molecule has 1 unspecified atom stereocenters. The number of anilines is 1. The van der Waals surface area contributed by atoms with Crippen molar-refractivity contribution in [3.05, 3.63) is 52.3 Å². The van der Waals surface area contributed by atoms with Gasteiger partial charge in [0.15, 0.2) is 5.65 Å². The lowest BCUT2D eigenvalue weighted by Crippen LogP contribution is -2.10. The van der Waals surface area contributed by atoms with Gasteiger partial charge in [0.2, 0.25) is 5.88 Å². The van der Waals surface area contributed by atoms with Crippen molar-refractivity contribution >= 4 is 16.9 Å². The largest absolute Gasteiger partial charge is 0.481 e. The summed E-state index contributed by atoms with van der Waals surface area (Å²) in [5, 5.41) is 13.8. The summed E-state index contributed by atoms with van der Waals surface area (Å²) in [6, 6.07) is 9.99. The fourth-order valence-corrected chi connectivity index (χ4v) is 3.85. The third kappa shape index (κ3) is 3.43. The maximum absolute atomic E-state index is 13.9. The van der Waals surface area contributed by atoms with E-state index in [0.717, 1.165) is 34.9 Å². The molecule has 0 aliphatic heterocycles. The van der Waals surface area contributed by atoms with Crippen LogP contribution in [0.15, 0.2) is 24.3 Å². The number of nitrogens with zero attached hydrogens (tertiary/aromatic N) is 4. The molecule has 3 aromatic rings. The molecule has 1 aromatic carbocycles. The van der Waals surface area contributed by atoms with E-state index in [2.05, 4.69) is 26.3 Å². The second kappa shape index (κ2) is 7.52. The normalized spacial score (nSPS) is 15.5. The molecular formula is C23H24FN5O. The summed E-state index contributed by atoms with van der Waals surface area (Å²) < 4.78 is 19.3. The van der Waals surface area contributed by atoms with Crippen LogP contribution in [0.1, 0.15) is 54.0 Å². The number of rotatable bonds is 6. The summed E-state index contributed by atoms with van der Waals surface area (Å²) in [7, 11) is 1.56. The Morgan fingerprint density at radius 1 is 1.27 bits per heavy atom. The van der Waals surface area contributed by atoms with Crippen molar-refractivity contribution in [2.75, 3.05) is 12.4 Å². The van der Waals surface area contributed by atoms with Crippen LogP contribution in [0.5, 0.6) is 5.88 Å². The van der Waals surface area contributed by atoms with E-state index in [0.29, 0.717) is 35.3 Å². The SMILES string of the molecule is COc1nc2nc(C)nc(NCc3cccc(C(C)F)c3C)c2cc1C1(C#N)CC1. The van der Waals surface area contributed by atoms with Crippen LogP contribution in [-0.2, 0) is 12.0 Å². The highest BCUT2D eigenvalue weighted by atomic mass is 19.1. The van der Waals surface area contributed by atoms with Crippen molar-refractivity contribution in [2.45, 2.75) is 51.7 Å². The average molecular weight is 405 g/mol. The zero-order valence-electron chi connectivity index (χ0n) is 17.6. The lowest BCUT2D eigenvalue weighted by Gasteiger charge is -2.16. The van der Waals surface area contributed by atoms with Crippen LogP contribution in [0.3, 0.4) is 0 Å². The second-order valence-corrected chi connectivity index (χ2v) is 7.83. The number of methoxy groups -OCH3 is 1. The Kier molecular flexibility index (Phi) is 5.02. The topological polar surface area (TPSA) is 83.7 Å². The molecule has 7 heteroatoms. The monoisotopic (exact) mass is 405 g/mol. The predicted octanol–water partition coefficient (Wildman–Crippen LogP) is 4.85. The Labute approximate surface area is 175 Å². The molecule has 0 amide bonds. The van der Waals surface area contributed by atoms with Crippen molar-refractivity contribution < 1.29 is 9.13 Å². The maximum Gasteiger partial charge on any atom is 0.220 e. The molecule has 0 radical (unpaired) electrons. The van der Waals surface area contributed by atoms with Crippen LogP contribution in [0.4, 0.5) is 10.2 Å². The quantitative estimate of drug-likeness (QED) is 0.631. The minimum atomic E-state index is -1.02. The number of fused-ring (bicyclic) bond motifs is 1. The number of ether oxygens (including phenoxy) is 1. The molecule has 30 heavy (non-hydrogen) atoms. The van der Waals surface area contributed by atoms with Gasteiger partial charge in [-0.15, -0.1) is 0 Å². The number of nitrogens with one attached hydrogen (secondary N) is 1. The van der Waals surface area contributed by atoms with E-state index in [1.54, 1.807) is 21.0 Å². The minimum absolute atomic E-state index is 0.436. The number of nitriles is 1. The van der Waals surface area contributed by atoms with Gasteiger partial charge in [-0.3, -0.25) is 0 Å². The standard InChI is InChI=1S/C23H24FN5O/c1-13-16(6-5-7-17(13)14(2)24)11-26-20-18-10-19(23(12-25)8-9-23)22(30-4)29-21(18)28-15(3)27-20/h5-7,10,14H,8-9,11H2,1-4H3,(H,26,27,28,29). The van der Waals surface area contributed by atoms with E-state index < -0.39 is 11.6 Å². The van der Waals surface area contributed by atoms with Gasteiger partial charge in [-0.25, -0.2) is 14.4 Å². The van der Waals surface area contributed by atoms with E-state index in [4.69, 9.17) is 4.74 Å². The van der Waals surface area contributed by atoms with Gasteiger partial charge in [-0.05, 0) is 56.4 Å². The summed E-state index contributed by atoms with van der Waals surface area (Å²) in [5.74, 6) is 1.66. The number of hydrogen-bond donors (Lipinski definition) is 1. The number of aryl methyl sites for hydroxylation is 1. The van der Waals surface area contributed by atoms with Crippen molar-refractivity contribution in [1.82, 2.24) is 15.0 Å². The predicted molar refractivity (Wildman–Crippen MR) is 113 cm³/mol. The molecule has 6 nitrogen and oxygen atoms in total. The van der Waals surface area contributed by atoms with Crippen LogP contribution >= 0.6 is 0 Å². The zero-order chi connectivity index (χ0) is 21.5. The minimum Gasteiger partial charge on any atom is -0.481 e. The number of alkyl halides is 1. The molecule has 1 saturated carbocycles. The molecule has 2 aromatic heterocycles. The van der Waals surface area contributed by atoms with Crippen molar-refractivity contribution in [3.63, 3.8) is 0 Å². The van der Waals surface area contributed by atoms with Crippen molar-refractivity contribution in [1.29, 1.82) is 5.26 Å². The highest BCUT2D eigenvalue weighted by Crippen LogP contribution is 2.51. The first-order valence-electron chi connectivity index (χ1n) is 10.00. The summed E-state index contributed by atoms with van der Waals surface area (Å²) in [6.07, 6.45) is 0.554. The molecule has 0 bridgehead atoms. The number of halogens is 1. The maximum atomic E-state index is 13.9. The summed E-state index contributed by atoms with van der Waals surface area (Å²) >= 11 is 0. The van der Waals surface area contributed by atoms with Gasteiger partial charge in [0.25, 0.3) is 0 Å². The molecule has 154 valence electrons. The third-order valence-corrected chi connectivity index (χ3v) is 5.80. The fraction of sp³-hybridized carbons (Fsp3) is 0.391. The summed E-state index contributed by atoms with van der Waals surface area (Å²) in [6.45, 7) is 5.77. The molecule has 1 aliphatic rings. The third-order valence-electron chi connectivity index (χ3n) is 5.80. The molecule has 1 fully saturated rings. The first-order valence-corrected chi connectivity index (χ1v) is 10.00. The lowest BCUT2D eigenvalue weighted by atomic mass is 9.97. The smallest absolute Gasteiger partial charge is 0.220 e. The molecule has 0 spiro atoms. The van der Waals surface area contributed by atoms with Gasteiger partial charge in [-0.2, -0.15) is 10.2 Å². The Balaban J connectivity index is 1.75. The Morgan fingerprint density at radius 3 is 2.67 bits per heavy atom. The Hall–Kier alpha value is -3.27. The van der Waals surface area contributed by atoms with Crippen LogP contribution in [0, 0.1) is 25.2 Å². The van der Waals surface area contributed by atoms with Gasteiger partial charge in [0.05, 0.1) is 24.0 Å². The number of hydrogen-bond acceptors (Lipinski definition) is 6. The highest BCUT2D eigenvalue weighted by molar-refractivity contribution is 5.88. The van der Waals surface area contributed by atoms with Crippen LogP contribution in [-0.4, -0.2) is 22.1 Å². The number of pyridine rings is 1. The molecule has 4 rings (SSSR count). The second-order valence-electron chi connectivity index (χ2n) is 7.83. The van der Waals surface area contributed by atoms with Crippen LogP contribution in [0.25, 0.3) is 11.0 Å². The lowest BCUT2D eigenvalue weighted by molar-refractivity contribution is 0.372. The van der Waals surface area contributed by atoms with Gasteiger partial charge in [0.1, 0.15) is 17.8 Å². The van der Waals surface area contributed by atoms with E-state index in [1.165, 1.54) is 0 Å². The number of benzene rings is 1. The Morgan fingerprint density at radius 2 is 2.03 bits per heavy atom. The molecular weight excluding hydrogens is 381 g/mol.